The number of carbonyl (C=O) groups is 1. The number of amides is 1. The van der Waals surface area contributed by atoms with Crippen LogP contribution in [-0.2, 0) is 6.42 Å². The Labute approximate surface area is 182 Å². The van der Waals surface area contributed by atoms with Crippen molar-refractivity contribution in [3.05, 3.63) is 53.4 Å². The number of fused-ring (bicyclic) bond motifs is 3. The minimum atomic E-state index is -0.807. The van der Waals surface area contributed by atoms with Crippen molar-refractivity contribution in [3.8, 4) is 0 Å². The number of aryl methyl sites for hydroxylation is 2. The zero-order valence-electron chi connectivity index (χ0n) is 17.9. The lowest BCUT2D eigenvalue weighted by Gasteiger charge is -2.24. The predicted octanol–water partition coefficient (Wildman–Crippen LogP) is 2.72. The number of aromatic nitrogens is 6. The van der Waals surface area contributed by atoms with Gasteiger partial charge in [-0.1, -0.05) is 0 Å². The molecule has 0 unspecified atom stereocenters. The number of nitrogens with zero attached hydrogens (tertiary/aromatic N) is 7. The van der Waals surface area contributed by atoms with Crippen LogP contribution >= 0.6 is 0 Å². The molecule has 0 spiro atoms. The molecule has 166 valence electrons. The van der Waals surface area contributed by atoms with E-state index in [0.29, 0.717) is 30.8 Å². The number of carbonyl (C=O) groups excluding carboxylic acids is 1. The number of benzene rings is 1. The van der Waals surface area contributed by atoms with Crippen molar-refractivity contribution in [3.63, 3.8) is 0 Å². The fraction of sp³-hybridized carbons (Fsp3) is 0.333. The van der Waals surface area contributed by atoms with E-state index in [1.807, 2.05) is 6.92 Å². The summed E-state index contributed by atoms with van der Waals surface area (Å²) < 4.78 is 29.1. The van der Waals surface area contributed by atoms with Crippen LogP contribution < -0.4 is 5.73 Å². The number of hydrogen-bond donors (Lipinski definition) is 1. The number of hydrogen-bond acceptors (Lipinski definition) is 7. The van der Waals surface area contributed by atoms with Crippen LogP contribution in [0.1, 0.15) is 41.8 Å². The van der Waals surface area contributed by atoms with Gasteiger partial charge in [0, 0.05) is 31.8 Å². The largest absolute Gasteiger partial charge is 0.368 e. The van der Waals surface area contributed by atoms with Gasteiger partial charge in [0.25, 0.3) is 5.91 Å². The number of nitrogens with two attached hydrogens (primary N) is 1. The Hall–Kier alpha value is -3.76. The van der Waals surface area contributed by atoms with E-state index in [0.717, 1.165) is 17.8 Å². The van der Waals surface area contributed by atoms with Crippen molar-refractivity contribution in [2.45, 2.75) is 39.2 Å². The van der Waals surface area contributed by atoms with Crippen LogP contribution in [0.5, 0.6) is 0 Å². The summed E-state index contributed by atoms with van der Waals surface area (Å²) in [6.45, 7) is 3.75. The molecule has 0 fully saturated rings. The van der Waals surface area contributed by atoms with E-state index in [9.17, 15) is 13.6 Å². The van der Waals surface area contributed by atoms with Gasteiger partial charge < -0.3 is 10.6 Å². The van der Waals surface area contributed by atoms with Crippen LogP contribution in [0.25, 0.3) is 16.6 Å². The standard InChI is InChI=1S/C21H22F2N8O/c1-11-9-26-16(10-25-11)20(32)30(3)12(2)5-4-6-17-27-19-14-7-13(22)8-15(23)18(14)28-21(24)31(19)29-17/h7-10,12H,4-6H2,1-3H3,(H2,24,28)/t12-/m0/s1. The van der Waals surface area contributed by atoms with Crippen molar-refractivity contribution in [2.75, 3.05) is 12.8 Å². The monoisotopic (exact) mass is 440 g/mol. The fourth-order valence-corrected chi connectivity index (χ4v) is 3.44. The van der Waals surface area contributed by atoms with Crippen molar-refractivity contribution in [1.82, 2.24) is 34.4 Å². The van der Waals surface area contributed by atoms with E-state index in [1.54, 1.807) is 25.1 Å². The highest BCUT2D eigenvalue weighted by Crippen LogP contribution is 2.23. The summed E-state index contributed by atoms with van der Waals surface area (Å²) in [6.07, 6.45) is 4.90. The molecule has 4 aromatic rings. The van der Waals surface area contributed by atoms with Crippen molar-refractivity contribution >= 4 is 28.4 Å². The summed E-state index contributed by atoms with van der Waals surface area (Å²) in [6, 6.07) is 1.86. The van der Waals surface area contributed by atoms with Crippen LogP contribution in [0.2, 0.25) is 0 Å². The molecular weight excluding hydrogens is 418 g/mol. The molecule has 0 aliphatic heterocycles. The molecule has 0 bridgehead atoms. The first-order valence-electron chi connectivity index (χ1n) is 10.1. The van der Waals surface area contributed by atoms with E-state index in [-0.39, 0.29) is 34.4 Å². The summed E-state index contributed by atoms with van der Waals surface area (Å²) in [7, 11) is 1.72. The Morgan fingerprint density at radius 3 is 2.72 bits per heavy atom. The third-order valence-corrected chi connectivity index (χ3v) is 5.37. The van der Waals surface area contributed by atoms with Crippen molar-refractivity contribution in [1.29, 1.82) is 0 Å². The van der Waals surface area contributed by atoms with Gasteiger partial charge in [-0.15, -0.1) is 5.10 Å². The molecule has 11 heteroatoms. The first-order chi connectivity index (χ1) is 15.2. The normalized spacial score (nSPS) is 12.4. The van der Waals surface area contributed by atoms with Crippen LogP contribution in [0.3, 0.4) is 0 Å². The molecule has 32 heavy (non-hydrogen) atoms. The second-order valence-electron chi connectivity index (χ2n) is 7.72. The highest BCUT2D eigenvalue weighted by atomic mass is 19.1. The Morgan fingerprint density at radius 1 is 1.22 bits per heavy atom. The van der Waals surface area contributed by atoms with Gasteiger partial charge >= 0.3 is 0 Å². The first kappa shape index (κ1) is 21.5. The van der Waals surface area contributed by atoms with Crippen LogP contribution in [0.4, 0.5) is 14.7 Å². The second-order valence-corrected chi connectivity index (χ2v) is 7.72. The van der Waals surface area contributed by atoms with Gasteiger partial charge in [0.05, 0.1) is 17.3 Å². The predicted molar refractivity (Wildman–Crippen MR) is 114 cm³/mol. The maximum atomic E-state index is 14.1. The van der Waals surface area contributed by atoms with Gasteiger partial charge in [0.15, 0.2) is 17.3 Å². The zero-order valence-corrected chi connectivity index (χ0v) is 17.9. The highest BCUT2D eigenvalue weighted by Gasteiger charge is 2.20. The summed E-state index contributed by atoms with van der Waals surface area (Å²) in [5.41, 5.74) is 7.12. The molecule has 2 N–H and O–H groups in total. The third-order valence-electron chi connectivity index (χ3n) is 5.37. The number of halogens is 2. The molecule has 0 radical (unpaired) electrons. The van der Waals surface area contributed by atoms with E-state index >= 15 is 0 Å². The van der Waals surface area contributed by atoms with E-state index in [1.165, 1.54) is 10.7 Å². The molecule has 3 aromatic heterocycles. The average Bonchev–Trinajstić information content (AvgIpc) is 3.19. The van der Waals surface area contributed by atoms with Gasteiger partial charge in [-0.05, 0) is 32.8 Å². The van der Waals surface area contributed by atoms with Crippen LogP contribution in [0.15, 0.2) is 24.5 Å². The van der Waals surface area contributed by atoms with Gasteiger partial charge in [0.1, 0.15) is 17.0 Å². The Bertz CT molecular complexity index is 1310. The molecule has 1 atom stereocenters. The fourth-order valence-electron chi connectivity index (χ4n) is 3.44. The number of anilines is 1. The molecule has 0 aliphatic carbocycles. The van der Waals surface area contributed by atoms with E-state index < -0.39 is 11.6 Å². The lowest BCUT2D eigenvalue weighted by molar-refractivity contribution is 0.0729. The molecule has 0 saturated carbocycles. The Kier molecular flexibility index (Phi) is 5.64. The summed E-state index contributed by atoms with van der Waals surface area (Å²) in [4.78, 5) is 30.8. The van der Waals surface area contributed by atoms with Crippen molar-refractivity contribution < 1.29 is 13.6 Å². The molecular formula is C21H22F2N8O. The summed E-state index contributed by atoms with van der Waals surface area (Å²) >= 11 is 0. The van der Waals surface area contributed by atoms with Gasteiger partial charge in [0.2, 0.25) is 5.95 Å². The molecule has 4 rings (SSSR count). The first-order valence-corrected chi connectivity index (χ1v) is 10.1. The molecule has 0 saturated heterocycles. The van der Waals surface area contributed by atoms with Crippen LogP contribution in [0, 0.1) is 18.6 Å². The summed E-state index contributed by atoms with van der Waals surface area (Å²) in [5.74, 6) is -1.30. The van der Waals surface area contributed by atoms with Gasteiger partial charge in [-0.25, -0.2) is 23.7 Å². The Balaban J connectivity index is 1.46. The quantitative estimate of drug-likeness (QED) is 0.490. The summed E-state index contributed by atoms with van der Waals surface area (Å²) in [5, 5.41) is 4.53. The number of nitrogen functional groups attached to an aromatic ring is 1. The zero-order chi connectivity index (χ0) is 23.0. The molecule has 9 nitrogen and oxygen atoms in total. The minimum absolute atomic E-state index is 0.0327. The average molecular weight is 440 g/mol. The lowest BCUT2D eigenvalue weighted by atomic mass is 10.1. The molecule has 3 heterocycles. The molecule has 1 amide bonds. The van der Waals surface area contributed by atoms with Crippen molar-refractivity contribution in [2.24, 2.45) is 0 Å². The highest BCUT2D eigenvalue weighted by molar-refractivity contribution is 5.93. The maximum Gasteiger partial charge on any atom is 0.274 e. The van der Waals surface area contributed by atoms with E-state index in [4.69, 9.17) is 5.73 Å². The Morgan fingerprint density at radius 2 is 2.00 bits per heavy atom. The minimum Gasteiger partial charge on any atom is -0.368 e. The third kappa shape index (κ3) is 4.05. The smallest absolute Gasteiger partial charge is 0.274 e. The maximum absolute atomic E-state index is 14.1. The number of rotatable bonds is 6. The molecule has 0 aliphatic rings. The SMILES string of the molecule is Cc1cnc(C(=O)N(C)[C@@H](C)CCCc2nc3c4cc(F)cc(F)c4nc(N)n3n2)cn1. The topological polar surface area (TPSA) is 115 Å². The van der Waals surface area contributed by atoms with Gasteiger partial charge in [-0.3, -0.25) is 9.78 Å². The molecule has 1 aromatic carbocycles. The van der Waals surface area contributed by atoms with Gasteiger partial charge in [-0.2, -0.15) is 4.52 Å². The van der Waals surface area contributed by atoms with E-state index in [2.05, 4.69) is 25.0 Å². The lowest BCUT2D eigenvalue weighted by Crippen LogP contribution is -2.35. The van der Waals surface area contributed by atoms with Crippen LogP contribution in [-0.4, -0.2) is 53.4 Å². The second kappa shape index (κ2) is 8.40.